The van der Waals surface area contributed by atoms with E-state index in [9.17, 15) is 24.3 Å². The van der Waals surface area contributed by atoms with Crippen LogP contribution >= 0.6 is 34.3 Å². The van der Waals surface area contributed by atoms with Gasteiger partial charge in [0, 0.05) is 66.6 Å². The molecule has 4 atom stereocenters. The number of halogens is 1. The van der Waals surface area contributed by atoms with Crippen LogP contribution in [-0.4, -0.2) is 130 Å². The summed E-state index contributed by atoms with van der Waals surface area (Å²) in [5.41, 5.74) is 7.87. The van der Waals surface area contributed by atoms with Crippen LogP contribution < -0.4 is 21.3 Å². The minimum atomic E-state index is -0.916. The Morgan fingerprint density at radius 1 is 0.886 bits per heavy atom. The Morgan fingerprint density at radius 3 is 2.27 bits per heavy atom. The van der Waals surface area contributed by atoms with Gasteiger partial charge in [-0.05, 0) is 61.9 Å². The van der Waals surface area contributed by atoms with Gasteiger partial charge in [-0.1, -0.05) is 68.8 Å². The van der Waals surface area contributed by atoms with E-state index in [1.165, 1.54) is 9.78 Å². The molecule has 5 N–H and O–H groups in total. The standard InChI is InChI=1S/C50H63ClN10O7S2/c1-29-31(3)70-49-42(29)43(34-12-14-36(51)15-13-34)56-38(46-59-58-32(4)61(46)49)25-41(64)53-19-21-68-23-22-67-20-18-52-17-16-40(63)57-45(50(5,6)7)48(66)60-27-37(62)24-39(60)47(65)54-26-33-8-10-35(11-9-33)44-30(2)55-28-69-44/h8-15,28,37-39,45,52,62H,16-27H2,1-7H3,(H,53,64)(H,54,65)(H,57,63)/t37-,38+,39+,45?/m1/s1. The molecule has 3 aromatic heterocycles. The maximum absolute atomic E-state index is 14.0. The lowest BCUT2D eigenvalue weighted by Crippen LogP contribution is -2.57. The average Bonchev–Trinajstić information content (AvgIpc) is 4.09. The van der Waals surface area contributed by atoms with Gasteiger partial charge in [-0.2, -0.15) is 0 Å². The molecule has 374 valence electrons. The highest BCUT2D eigenvalue weighted by molar-refractivity contribution is 7.15. The fourth-order valence-electron chi connectivity index (χ4n) is 8.45. The van der Waals surface area contributed by atoms with Gasteiger partial charge in [0.15, 0.2) is 5.82 Å². The molecular weight excluding hydrogens is 952 g/mol. The minimum Gasteiger partial charge on any atom is -0.391 e. The van der Waals surface area contributed by atoms with E-state index in [4.69, 9.17) is 26.1 Å². The Kier molecular flexibility index (Phi) is 17.7. The van der Waals surface area contributed by atoms with Gasteiger partial charge in [0.25, 0.3) is 0 Å². The third kappa shape index (κ3) is 12.9. The smallest absolute Gasteiger partial charge is 0.246 e. The summed E-state index contributed by atoms with van der Waals surface area (Å²) in [5, 5.41) is 33.0. The van der Waals surface area contributed by atoms with Crippen LogP contribution in [0.3, 0.4) is 0 Å². The molecule has 2 aromatic carbocycles. The van der Waals surface area contributed by atoms with Crippen molar-refractivity contribution in [1.29, 1.82) is 0 Å². The number of thiophene rings is 1. The lowest BCUT2D eigenvalue weighted by atomic mass is 9.85. The Balaban J connectivity index is 0.781. The summed E-state index contributed by atoms with van der Waals surface area (Å²) in [6.45, 7) is 16.4. The number of thiazole rings is 1. The second-order valence-corrected chi connectivity index (χ2v) is 21.1. The first-order valence-corrected chi connectivity index (χ1v) is 25.6. The third-order valence-electron chi connectivity index (χ3n) is 12.3. The predicted molar refractivity (Wildman–Crippen MR) is 272 cm³/mol. The van der Waals surface area contributed by atoms with Crippen molar-refractivity contribution in [2.45, 2.75) is 98.5 Å². The molecule has 0 saturated carbocycles. The number of aliphatic hydroxyl groups excluding tert-OH is 1. The molecule has 5 aromatic rings. The number of nitrogens with zero attached hydrogens (tertiary/aromatic N) is 6. The number of ether oxygens (including phenoxy) is 2. The van der Waals surface area contributed by atoms with Crippen LogP contribution in [0.2, 0.25) is 5.02 Å². The molecule has 1 fully saturated rings. The van der Waals surface area contributed by atoms with Crippen molar-refractivity contribution in [2.75, 3.05) is 52.6 Å². The summed E-state index contributed by atoms with van der Waals surface area (Å²) in [4.78, 5) is 67.0. The van der Waals surface area contributed by atoms with Gasteiger partial charge in [-0.25, -0.2) is 4.98 Å². The SMILES string of the molecule is Cc1ncsc1-c1ccc(CNC(=O)[C@@H]2C[C@@H](O)CN2C(=O)C(NC(=O)CCNCCOCCOCCNC(=O)C[C@@H]2N=C(c3ccc(Cl)cc3)c3c(sc(C)c3C)-n3c(C)nnc32)C(C)(C)C)cc1. The van der Waals surface area contributed by atoms with Crippen LogP contribution in [0.1, 0.15) is 90.5 Å². The number of carbonyl (C=O) groups excluding carboxylic acids is 4. The van der Waals surface area contributed by atoms with Gasteiger partial charge in [-0.15, -0.1) is 32.9 Å². The van der Waals surface area contributed by atoms with Crippen LogP contribution in [-0.2, 0) is 35.2 Å². The quantitative estimate of drug-likeness (QED) is 0.0574. The largest absolute Gasteiger partial charge is 0.391 e. The molecule has 0 bridgehead atoms. The molecule has 2 aliphatic heterocycles. The van der Waals surface area contributed by atoms with Crippen molar-refractivity contribution in [2.24, 2.45) is 10.4 Å². The predicted octanol–water partition coefficient (Wildman–Crippen LogP) is 5.56. The van der Waals surface area contributed by atoms with Gasteiger partial charge >= 0.3 is 0 Å². The molecule has 1 unspecified atom stereocenters. The van der Waals surface area contributed by atoms with E-state index in [0.29, 0.717) is 56.9 Å². The van der Waals surface area contributed by atoms with E-state index in [1.807, 2.05) is 93.2 Å². The first-order chi connectivity index (χ1) is 33.5. The zero-order valence-corrected chi connectivity index (χ0v) is 43.2. The number of hydrogen-bond donors (Lipinski definition) is 5. The van der Waals surface area contributed by atoms with E-state index in [2.05, 4.69) is 50.3 Å². The molecular formula is C50H63ClN10O7S2. The number of amides is 4. The highest BCUT2D eigenvalue weighted by atomic mass is 35.5. The summed E-state index contributed by atoms with van der Waals surface area (Å²) in [5.74, 6) is 0.0609. The lowest BCUT2D eigenvalue weighted by Gasteiger charge is -2.35. The number of nitrogens with one attached hydrogen (secondary N) is 4. The highest BCUT2D eigenvalue weighted by Gasteiger charge is 2.44. The third-order valence-corrected chi connectivity index (χ3v) is 14.8. The van der Waals surface area contributed by atoms with Gasteiger partial charge in [0.05, 0.1) is 60.7 Å². The number of aryl methyl sites for hydroxylation is 3. The topological polar surface area (TPSA) is 214 Å². The van der Waals surface area contributed by atoms with Crippen molar-refractivity contribution in [1.82, 2.24) is 45.9 Å². The second kappa shape index (κ2) is 23.7. The monoisotopic (exact) mass is 1010 g/mol. The number of carbonyl (C=O) groups is 4. The Morgan fingerprint density at radius 2 is 1.59 bits per heavy atom. The molecule has 7 rings (SSSR count). The first-order valence-electron chi connectivity index (χ1n) is 23.5. The zero-order valence-electron chi connectivity index (χ0n) is 40.8. The van der Waals surface area contributed by atoms with Gasteiger partial charge in [0.2, 0.25) is 23.6 Å². The molecule has 5 heterocycles. The number of rotatable bonds is 21. The van der Waals surface area contributed by atoms with Crippen LogP contribution in [0, 0.1) is 33.1 Å². The molecule has 0 radical (unpaired) electrons. The number of likely N-dealkylation sites (tertiary alicyclic amines) is 1. The van der Waals surface area contributed by atoms with Crippen molar-refractivity contribution in [3.63, 3.8) is 0 Å². The second-order valence-electron chi connectivity index (χ2n) is 18.6. The number of benzene rings is 2. The fourth-order valence-corrected chi connectivity index (χ4v) is 10.6. The van der Waals surface area contributed by atoms with E-state index in [-0.39, 0.29) is 50.1 Å². The molecule has 70 heavy (non-hydrogen) atoms. The van der Waals surface area contributed by atoms with Gasteiger partial charge in [0.1, 0.15) is 29.0 Å². The van der Waals surface area contributed by atoms with E-state index < -0.39 is 35.6 Å². The maximum atomic E-state index is 14.0. The van der Waals surface area contributed by atoms with Gasteiger partial charge < -0.3 is 40.7 Å². The van der Waals surface area contributed by atoms with Gasteiger partial charge in [-0.3, -0.25) is 28.7 Å². The van der Waals surface area contributed by atoms with Crippen molar-refractivity contribution >= 4 is 63.6 Å². The number of aromatic nitrogens is 4. The molecule has 0 spiro atoms. The average molecular weight is 1020 g/mol. The summed E-state index contributed by atoms with van der Waals surface area (Å²) in [7, 11) is 0. The summed E-state index contributed by atoms with van der Waals surface area (Å²) in [6.07, 6.45) is -0.560. The van der Waals surface area contributed by atoms with E-state index in [0.717, 1.165) is 54.9 Å². The molecule has 0 aliphatic carbocycles. The molecule has 17 nitrogen and oxygen atoms in total. The number of aliphatic imine (C=N–C) groups is 1. The number of β-amino-alcohol motifs (C(OH)–C–C–N with tert-alkyl or cyclic N) is 1. The number of fused-ring (bicyclic) bond motifs is 3. The molecule has 20 heteroatoms. The van der Waals surface area contributed by atoms with Crippen LogP contribution in [0.25, 0.3) is 15.4 Å². The summed E-state index contributed by atoms with van der Waals surface area (Å²) >= 11 is 9.46. The maximum Gasteiger partial charge on any atom is 0.246 e. The normalized spacial score (nSPS) is 17.1. The molecule has 1 saturated heterocycles. The highest BCUT2D eigenvalue weighted by Crippen LogP contribution is 2.40. The zero-order chi connectivity index (χ0) is 50.1. The van der Waals surface area contributed by atoms with Crippen molar-refractivity contribution < 1.29 is 33.8 Å². The van der Waals surface area contributed by atoms with E-state index >= 15 is 0 Å². The molecule has 2 aliphatic rings. The number of hydrogen-bond acceptors (Lipinski definition) is 14. The lowest BCUT2D eigenvalue weighted by molar-refractivity contribution is -0.144. The summed E-state index contributed by atoms with van der Waals surface area (Å²) in [6, 6.07) is 13.1. The van der Waals surface area contributed by atoms with Crippen LogP contribution in [0.4, 0.5) is 0 Å². The van der Waals surface area contributed by atoms with Crippen molar-refractivity contribution in [3.05, 3.63) is 104 Å². The summed E-state index contributed by atoms with van der Waals surface area (Å²) < 4.78 is 13.4. The Hall–Kier alpha value is -5.41. The molecule has 4 amide bonds. The van der Waals surface area contributed by atoms with E-state index in [1.54, 1.807) is 22.7 Å². The number of aliphatic hydroxyl groups is 1. The fraction of sp³-hybridized carbons (Fsp3) is 0.480. The van der Waals surface area contributed by atoms with Crippen LogP contribution in [0.5, 0.6) is 0 Å². The Labute approximate surface area is 421 Å². The van der Waals surface area contributed by atoms with Crippen molar-refractivity contribution in [3.8, 4) is 15.4 Å². The van der Waals surface area contributed by atoms with Crippen LogP contribution in [0.15, 0.2) is 59.0 Å². The Bertz CT molecular complexity index is 2660. The first kappa shape index (κ1) is 52.4. The minimum absolute atomic E-state index is 0.00156.